The molecule has 1 unspecified atom stereocenters. The first-order valence-electron chi connectivity index (χ1n) is 5.35. The van der Waals surface area contributed by atoms with Gasteiger partial charge in [-0.2, -0.15) is 0 Å². The van der Waals surface area contributed by atoms with E-state index in [0.29, 0.717) is 6.42 Å². The van der Waals surface area contributed by atoms with Crippen LogP contribution in [0, 0.1) is 11.8 Å². The highest BCUT2D eigenvalue weighted by atomic mass is 16.3. The number of nitrogens with two attached hydrogens (primary N) is 1. The lowest BCUT2D eigenvalue weighted by Gasteiger charge is -2.35. The highest BCUT2D eigenvalue weighted by Gasteiger charge is 2.32. The second kappa shape index (κ2) is 4.41. The summed E-state index contributed by atoms with van der Waals surface area (Å²) >= 11 is 0. The van der Waals surface area contributed by atoms with Crippen molar-refractivity contribution in [2.24, 2.45) is 17.6 Å². The molecule has 3 N–H and O–H groups in total. The highest BCUT2D eigenvalue weighted by Crippen LogP contribution is 2.33. The molecule has 0 aromatic rings. The van der Waals surface area contributed by atoms with Crippen molar-refractivity contribution in [3.05, 3.63) is 0 Å². The van der Waals surface area contributed by atoms with Crippen LogP contribution in [-0.2, 0) is 4.79 Å². The van der Waals surface area contributed by atoms with Crippen LogP contribution in [0.2, 0.25) is 0 Å². The van der Waals surface area contributed by atoms with E-state index < -0.39 is 5.60 Å². The fourth-order valence-corrected chi connectivity index (χ4v) is 2.38. The maximum atomic E-state index is 10.8. The quantitative estimate of drug-likeness (QED) is 0.669. The first-order chi connectivity index (χ1) is 6.42. The zero-order valence-electron chi connectivity index (χ0n) is 9.07. The van der Waals surface area contributed by atoms with Gasteiger partial charge in [-0.05, 0) is 45.4 Å². The average Bonchev–Trinajstić information content (AvgIpc) is 2.01. The number of aldehydes is 1. The Morgan fingerprint density at radius 2 is 2.14 bits per heavy atom. The van der Waals surface area contributed by atoms with Crippen molar-refractivity contribution in [3.63, 3.8) is 0 Å². The number of carbonyl (C=O) groups is 1. The molecule has 0 spiro atoms. The standard InChI is InChI=1S/C11H21NO2/c1-11(2,14)6-9-5-10(12)4-3-8(9)7-13/h7-10,14H,3-6,12H2,1-2H3/t8-,9?,10+/m1/s1. The molecule has 3 heteroatoms. The number of aliphatic hydroxyl groups is 1. The van der Waals surface area contributed by atoms with Gasteiger partial charge in [0.15, 0.2) is 0 Å². The van der Waals surface area contributed by atoms with Gasteiger partial charge in [-0.15, -0.1) is 0 Å². The average molecular weight is 199 g/mol. The van der Waals surface area contributed by atoms with E-state index in [4.69, 9.17) is 5.73 Å². The summed E-state index contributed by atoms with van der Waals surface area (Å²) < 4.78 is 0. The number of hydrogen-bond acceptors (Lipinski definition) is 3. The van der Waals surface area contributed by atoms with Gasteiger partial charge in [0, 0.05) is 12.0 Å². The fourth-order valence-electron chi connectivity index (χ4n) is 2.38. The lowest BCUT2D eigenvalue weighted by Crippen LogP contribution is -2.37. The summed E-state index contributed by atoms with van der Waals surface area (Å²) in [7, 11) is 0. The van der Waals surface area contributed by atoms with Gasteiger partial charge in [0.25, 0.3) is 0 Å². The summed E-state index contributed by atoms with van der Waals surface area (Å²) in [6.07, 6.45) is 4.39. The van der Waals surface area contributed by atoms with E-state index in [1.54, 1.807) is 13.8 Å². The van der Waals surface area contributed by atoms with Gasteiger partial charge >= 0.3 is 0 Å². The van der Waals surface area contributed by atoms with Gasteiger partial charge < -0.3 is 15.6 Å². The summed E-state index contributed by atoms with van der Waals surface area (Å²) in [5.41, 5.74) is 5.17. The molecule has 1 fully saturated rings. The zero-order chi connectivity index (χ0) is 10.8. The van der Waals surface area contributed by atoms with Crippen molar-refractivity contribution >= 4 is 6.29 Å². The molecule has 1 saturated carbocycles. The Hall–Kier alpha value is -0.410. The van der Waals surface area contributed by atoms with Crippen LogP contribution < -0.4 is 5.73 Å². The molecule has 1 aliphatic carbocycles. The van der Waals surface area contributed by atoms with Crippen LogP contribution in [0.25, 0.3) is 0 Å². The second-order valence-electron chi connectivity index (χ2n) is 5.15. The molecule has 1 rings (SSSR count). The SMILES string of the molecule is CC(C)(O)CC1C[C@@H](N)CC[C@@H]1C=O. The van der Waals surface area contributed by atoms with Crippen molar-refractivity contribution < 1.29 is 9.90 Å². The van der Waals surface area contributed by atoms with Gasteiger partial charge in [0.2, 0.25) is 0 Å². The Morgan fingerprint density at radius 1 is 1.50 bits per heavy atom. The molecular weight excluding hydrogens is 178 g/mol. The Bertz CT molecular complexity index is 198. The van der Waals surface area contributed by atoms with Crippen LogP contribution in [0.5, 0.6) is 0 Å². The van der Waals surface area contributed by atoms with E-state index in [2.05, 4.69) is 0 Å². The van der Waals surface area contributed by atoms with Crippen LogP contribution in [0.4, 0.5) is 0 Å². The van der Waals surface area contributed by atoms with Crippen molar-refractivity contribution in [3.8, 4) is 0 Å². The van der Waals surface area contributed by atoms with Gasteiger partial charge in [-0.25, -0.2) is 0 Å². The third kappa shape index (κ3) is 3.39. The van der Waals surface area contributed by atoms with E-state index in [1.807, 2.05) is 0 Å². The fraction of sp³-hybridized carbons (Fsp3) is 0.909. The molecule has 0 bridgehead atoms. The minimum absolute atomic E-state index is 0.0984. The van der Waals surface area contributed by atoms with Crippen LogP contribution in [0.15, 0.2) is 0 Å². The van der Waals surface area contributed by atoms with Crippen LogP contribution >= 0.6 is 0 Å². The monoisotopic (exact) mass is 199 g/mol. The third-order valence-electron chi connectivity index (χ3n) is 3.02. The maximum absolute atomic E-state index is 10.8. The third-order valence-corrected chi connectivity index (χ3v) is 3.02. The second-order valence-corrected chi connectivity index (χ2v) is 5.15. The van der Waals surface area contributed by atoms with Gasteiger partial charge in [-0.1, -0.05) is 0 Å². The van der Waals surface area contributed by atoms with Crippen molar-refractivity contribution in [1.82, 2.24) is 0 Å². The first kappa shape index (κ1) is 11.7. The summed E-state index contributed by atoms with van der Waals surface area (Å²) in [5.74, 6) is 0.359. The van der Waals surface area contributed by atoms with E-state index in [-0.39, 0.29) is 17.9 Å². The van der Waals surface area contributed by atoms with E-state index in [9.17, 15) is 9.90 Å². The molecule has 0 aromatic heterocycles. The van der Waals surface area contributed by atoms with Gasteiger partial charge in [-0.3, -0.25) is 0 Å². The topological polar surface area (TPSA) is 63.3 Å². The summed E-state index contributed by atoms with van der Waals surface area (Å²) in [5, 5.41) is 9.71. The van der Waals surface area contributed by atoms with Gasteiger partial charge in [0.05, 0.1) is 5.60 Å². The predicted octanol–water partition coefficient (Wildman–Crippen LogP) is 1.09. The Labute approximate surface area is 85.7 Å². The molecule has 3 atom stereocenters. The van der Waals surface area contributed by atoms with E-state index >= 15 is 0 Å². The van der Waals surface area contributed by atoms with Crippen molar-refractivity contribution in [2.45, 2.75) is 51.2 Å². The van der Waals surface area contributed by atoms with Gasteiger partial charge in [0.1, 0.15) is 6.29 Å². The molecule has 0 aromatic carbocycles. The molecule has 0 amide bonds. The largest absolute Gasteiger partial charge is 0.390 e. The minimum Gasteiger partial charge on any atom is -0.390 e. The molecule has 14 heavy (non-hydrogen) atoms. The Morgan fingerprint density at radius 3 is 2.64 bits per heavy atom. The molecule has 0 heterocycles. The molecule has 0 saturated heterocycles. The number of carbonyl (C=O) groups excluding carboxylic acids is 1. The molecule has 0 radical (unpaired) electrons. The van der Waals surface area contributed by atoms with Crippen LogP contribution in [-0.4, -0.2) is 23.0 Å². The lowest BCUT2D eigenvalue weighted by molar-refractivity contribution is -0.114. The Balaban J connectivity index is 2.57. The molecule has 0 aliphatic heterocycles. The predicted molar refractivity (Wildman–Crippen MR) is 55.8 cm³/mol. The molecular formula is C11H21NO2. The first-order valence-corrected chi connectivity index (χ1v) is 5.35. The molecule has 3 nitrogen and oxygen atoms in total. The van der Waals surface area contributed by atoms with E-state index in [0.717, 1.165) is 25.5 Å². The van der Waals surface area contributed by atoms with Crippen molar-refractivity contribution in [1.29, 1.82) is 0 Å². The van der Waals surface area contributed by atoms with Crippen LogP contribution in [0.1, 0.15) is 39.5 Å². The number of rotatable bonds is 3. The molecule has 82 valence electrons. The molecule has 1 aliphatic rings. The Kier molecular flexibility index (Phi) is 3.67. The van der Waals surface area contributed by atoms with Crippen LogP contribution in [0.3, 0.4) is 0 Å². The maximum Gasteiger partial charge on any atom is 0.123 e. The normalized spacial score (nSPS) is 34.1. The summed E-state index contributed by atoms with van der Waals surface area (Å²) in [4.78, 5) is 10.8. The lowest BCUT2D eigenvalue weighted by atomic mass is 9.73. The number of hydrogen-bond donors (Lipinski definition) is 2. The van der Waals surface area contributed by atoms with Crippen molar-refractivity contribution in [2.75, 3.05) is 0 Å². The van der Waals surface area contributed by atoms with E-state index in [1.165, 1.54) is 0 Å². The zero-order valence-corrected chi connectivity index (χ0v) is 9.07. The smallest absolute Gasteiger partial charge is 0.123 e. The summed E-state index contributed by atoms with van der Waals surface area (Å²) in [6, 6.07) is 0.207. The minimum atomic E-state index is -0.691. The highest BCUT2D eigenvalue weighted by molar-refractivity contribution is 5.54. The summed E-state index contributed by atoms with van der Waals surface area (Å²) in [6.45, 7) is 3.57.